The third-order valence-electron chi connectivity index (χ3n) is 7.64. The summed E-state index contributed by atoms with van der Waals surface area (Å²) in [5.74, 6) is -1.09. The number of hydrogen-bond donors (Lipinski definition) is 2. The van der Waals surface area contributed by atoms with Crippen molar-refractivity contribution >= 4 is 5.69 Å². The van der Waals surface area contributed by atoms with Crippen molar-refractivity contribution in [3.05, 3.63) is 116 Å². The standard InChI is InChI=1S/C29H31F4N7O2/c1-19-26(38-12-10-37(11-13-38)15-21-14-35-18-36-21)27(41)40(17-25(34)20-6-3-2-4-7-20)28(42)39(19)16-22-23(29(31,32)33)8-5-9-24(22)30/h2-9,14,18,25H,10-13,15-17,34H2,1H3,(H,35,36). The predicted molar refractivity (Wildman–Crippen MR) is 150 cm³/mol. The van der Waals surface area contributed by atoms with Gasteiger partial charge in [0.2, 0.25) is 0 Å². The maximum Gasteiger partial charge on any atom is 0.416 e. The van der Waals surface area contributed by atoms with Crippen molar-refractivity contribution in [1.29, 1.82) is 0 Å². The topological polar surface area (TPSA) is 105 Å². The molecule has 1 unspecified atom stereocenters. The van der Waals surface area contributed by atoms with E-state index in [-0.39, 0.29) is 17.9 Å². The molecule has 2 aromatic heterocycles. The molecule has 1 aliphatic rings. The van der Waals surface area contributed by atoms with Gasteiger partial charge < -0.3 is 15.6 Å². The number of halogens is 4. The number of piperazine rings is 1. The molecule has 4 aromatic rings. The molecule has 5 rings (SSSR count). The summed E-state index contributed by atoms with van der Waals surface area (Å²) >= 11 is 0. The lowest BCUT2D eigenvalue weighted by Crippen LogP contribution is -2.51. The fourth-order valence-corrected chi connectivity index (χ4v) is 5.38. The Morgan fingerprint density at radius 2 is 1.69 bits per heavy atom. The van der Waals surface area contributed by atoms with E-state index in [0.717, 1.165) is 33.0 Å². The second-order valence-electron chi connectivity index (χ2n) is 10.3. The van der Waals surface area contributed by atoms with Crippen molar-refractivity contribution in [2.75, 3.05) is 31.1 Å². The van der Waals surface area contributed by atoms with Gasteiger partial charge in [0.05, 0.1) is 25.0 Å². The third kappa shape index (κ3) is 6.02. The van der Waals surface area contributed by atoms with Gasteiger partial charge in [-0.25, -0.2) is 14.2 Å². The number of benzene rings is 2. The van der Waals surface area contributed by atoms with E-state index in [2.05, 4.69) is 14.9 Å². The van der Waals surface area contributed by atoms with Crippen LogP contribution in [-0.2, 0) is 25.8 Å². The second-order valence-corrected chi connectivity index (χ2v) is 10.3. The molecule has 1 aliphatic heterocycles. The van der Waals surface area contributed by atoms with Gasteiger partial charge in [0.15, 0.2) is 0 Å². The zero-order valence-corrected chi connectivity index (χ0v) is 22.9. The van der Waals surface area contributed by atoms with Gasteiger partial charge in [0.25, 0.3) is 5.56 Å². The van der Waals surface area contributed by atoms with Crippen LogP contribution in [0.5, 0.6) is 0 Å². The van der Waals surface area contributed by atoms with E-state index in [1.54, 1.807) is 42.9 Å². The highest BCUT2D eigenvalue weighted by Crippen LogP contribution is 2.33. The molecule has 1 saturated heterocycles. The zero-order valence-electron chi connectivity index (χ0n) is 22.9. The fraction of sp³-hybridized carbons (Fsp3) is 0.345. The molecular weight excluding hydrogens is 554 g/mol. The van der Waals surface area contributed by atoms with Crippen molar-refractivity contribution in [3.8, 4) is 0 Å². The van der Waals surface area contributed by atoms with E-state index in [0.29, 0.717) is 38.3 Å². The number of imidazole rings is 1. The Balaban J connectivity index is 1.56. The van der Waals surface area contributed by atoms with Gasteiger partial charge in [-0.15, -0.1) is 0 Å². The van der Waals surface area contributed by atoms with Crippen molar-refractivity contribution in [2.24, 2.45) is 5.73 Å². The summed E-state index contributed by atoms with van der Waals surface area (Å²) in [6, 6.07) is 10.8. The van der Waals surface area contributed by atoms with Crippen LogP contribution < -0.4 is 21.9 Å². The average molecular weight is 586 g/mol. The SMILES string of the molecule is Cc1c(N2CCN(Cc3cnc[nH]3)CC2)c(=O)n(CC(N)c2ccccc2)c(=O)n1Cc1c(F)cccc1C(F)(F)F. The summed E-state index contributed by atoms with van der Waals surface area (Å²) in [6.07, 6.45) is -1.51. The molecule has 0 spiro atoms. The molecule has 2 aromatic carbocycles. The van der Waals surface area contributed by atoms with Crippen LogP contribution in [0.4, 0.5) is 23.2 Å². The Morgan fingerprint density at radius 1 is 0.976 bits per heavy atom. The summed E-state index contributed by atoms with van der Waals surface area (Å²) < 4.78 is 58.4. The highest BCUT2D eigenvalue weighted by Gasteiger charge is 2.35. The van der Waals surface area contributed by atoms with Crippen molar-refractivity contribution in [1.82, 2.24) is 24.0 Å². The lowest BCUT2D eigenvalue weighted by Gasteiger charge is -2.36. The molecule has 0 saturated carbocycles. The molecule has 9 nitrogen and oxygen atoms in total. The van der Waals surface area contributed by atoms with Gasteiger partial charge in [-0.2, -0.15) is 13.2 Å². The summed E-state index contributed by atoms with van der Waals surface area (Å²) in [5.41, 5.74) is 5.03. The van der Waals surface area contributed by atoms with Crippen molar-refractivity contribution in [3.63, 3.8) is 0 Å². The molecule has 0 bridgehead atoms. The molecule has 3 N–H and O–H groups in total. The quantitative estimate of drug-likeness (QED) is 0.308. The molecule has 0 radical (unpaired) electrons. The van der Waals surface area contributed by atoms with Crippen LogP contribution in [0, 0.1) is 12.7 Å². The number of H-pyrrole nitrogens is 1. The van der Waals surface area contributed by atoms with Crippen molar-refractivity contribution < 1.29 is 17.6 Å². The summed E-state index contributed by atoms with van der Waals surface area (Å²) in [7, 11) is 0. The first-order valence-corrected chi connectivity index (χ1v) is 13.5. The number of anilines is 1. The minimum atomic E-state index is -4.84. The molecule has 42 heavy (non-hydrogen) atoms. The third-order valence-corrected chi connectivity index (χ3v) is 7.64. The van der Waals surface area contributed by atoms with Gasteiger partial charge in [0, 0.05) is 61.9 Å². The van der Waals surface area contributed by atoms with Crippen LogP contribution >= 0.6 is 0 Å². The predicted octanol–water partition coefficient (Wildman–Crippen LogP) is 3.27. The van der Waals surface area contributed by atoms with Gasteiger partial charge in [-0.1, -0.05) is 36.4 Å². The van der Waals surface area contributed by atoms with E-state index in [4.69, 9.17) is 5.73 Å². The number of nitrogens with one attached hydrogen (secondary N) is 1. The number of alkyl halides is 3. The Morgan fingerprint density at radius 3 is 2.33 bits per heavy atom. The maximum absolute atomic E-state index is 14.9. The average Bonchev–Trinajstić information content (AvgIpc) is 3.48. The van der Waals surface area contributed by atoms with Crippen LogP contribution in [0.3, 0.4) is 0 Å². The Labute approximate surface area is 238 Å². The normalized spacial score (nSPS) is 15.2. The van der Waals surface area contributed by atoms with E-state index >= 15 is 0 Å². The lowest BCUT2D eigenvalue weighted by molar-refractivity contribution is -0.138. The molecular formula is C29H31F4N7O2. The molecule has 1 fully saturated rings. The first-order chi connectivity index (χ1) is 20.0. The van der Waals surface area contributed by atoms with Crippen LogP contribution in [-0.4, -0.2) is 50.2 Å². The van der Waals surface area contributed by atoms with Crippen LogP contribution in [0.1, 0.15) is 34.1 Å². The van der Waals surface area contributed by atoms with E-state index in [9.17, 15) is 27.2 Å². The fourth-order valence-electron chi connectivity index (χ4n) is 5.38. The van der Waals surface area contributed by atoms with Gasteiger partial charge >= 0.3 is 11.9 Å². The highest BCUT2D eigenvalue weighted by atomic mass is 19.4. The first kappa shape index (κ1) is 29.3. The number of nitrogens with two attached hydrogens (primary N) is 1. The summed E-state index contributed by atoms with van der Waals surface area (Å²) in [6.45, 7) is 3.26. The number of aromatic nitrogens is 4. The smallest absolute Gasteiger partial charge is 0.363 e. The van der Waals surface area contributed by atoms with E-state index in [1.807, 2.05) is 4.90 Å². The second kappa shape index (κ2) is 11.9. The van der Waals surface area contributed by atoms with Crippen LogP contribution in [0.25, 0.3) is 0 Å². The molecule has 1 atom stereocenters. The summed E-state index contributed by atoms with van der Waals surface area (Å²) in [4.78, 5) is 38.7. The largest absolute Gasteiger partial charge is 0.416 e. The van der Waals surface area contributed by atoms with E-state index < -0.39 is 47.0 Å². The molecule has 0 aliphatic carbocycles. The Bertz CT molecular complexity index is 1640. The molecule has 13 heteroatoms. The number of hydrogen-bond acceptors (Lipinski definition) is 6. The maximum atomic E-state index is 14.9. The minimum Gasteiger partial charge on any atom is -0.363 e. The minimum absolute atomic E-state index is 0.160. The summed E-state index contributed by atoms with van der Waals surface area (Å²) in [5, 5.41) is 0. The molecule has 222 valence electrons. The number of nitrogens with zero attached hydrogens (tertiary/aromatic N) is 5. The molecule has 0 amide bonds. The Hall–Kier alpha value is -4.23. The van der Waals surface area contributed by atoms with Crippen LogP contribution in [0.15, 0.2) is 70.6 Å². The number of rotatable bonds is 8. The van der Waals surface area contributed by atoms with Crippen molar-refractivity contribution in [2.45, 2.75) is 38.8 Å². The van der Waals surface area contributed by atoms with Crippen LogP contribution in [0.2, 0.25) is 0 Å². The monoisotopic (exact) mass is 585 g/mol. The zero-order chi connectivity index (χ0) is 30.0. The van der Waals surface area contributed by atoms with Gasteiger partial charge in [-0.05, 0) is 24.6 Å². The lowest BCUT2D eigenvalue weighted by atomic mass is 10.1. The number of aromatic amines is 1. The first-order valence-electron chi connectivity index (χ1n) is 13.5. The van der Waals surface area contributed by atoms with Gasteiger partial charge in [-0.3, -0.25) is 18.8 Å². The molecule has 3 heterocycles. The Kier molecular flexibility index (Phi) is 8.32. The van der Waals surface area contributed by atoms with E-state index in [1.165, 1.54) is 6.92 Å². The van der Waals surface area contributed by atoms with Gasteiger partial charge in [0.1, 0.15) is 11.5 Å². The highest BCUT2D eigenvalue weighted by molar-refractivity contribution is 5.50.